The maximum atomic E-state index is 13.4. The maximum Gasteiger partial charge on any atom is 0.430 e. The summed E-state index contributed by atoms with van der Waals surface area (Å²) in [4.78, 5) is 21.3. The number of halogens is 3. The third kappa shape index (κ3) is 3.88. The highest BCUT2D eigenvalue weighted by Crippen LogP contribution is 2.42. The minimum Gasteiger partial charge on any atom is -0.475 e. The molecule has 0 N–H and O–H groups in total. The van der Waals surface area contributed by atoms with Gasteiger partial charge in [-0.2, -0.15) is 18.1 Å². The molecule has 132 valence electrons. The van der Waals surface area contributed by atoms with Crippen molar-refractivity contribution in [3.63, 3.8) is 0 Å². The highest BCUT2D eigenvalue weighted by Gasteiger charge is 2.50. The van der Waals surface area contributed by atoms with Gasteiger partial charge in [0.2, 0.25) is 6.10 Å². The third-order valence-electron chi connectivity index (χ3n) is 3.42. The van der Waals surface area contributed by atoms with Gasteiger partial charge in [0, 0.05) is 12.7 Å². The van der Waals surface area contributed by atoms with Crippen molar-refractivity contribution in [2.75, 3.05) is 20.3 Å². The Morgan fingerprint density at radius 3 is 2.58 bits per heavy atom. The predicted octanol–water partition coefficient (Wildman–Crippen LogP) is 3.29. The van der Waals surface area contributed by atoms with Crippen molar-refractivity contribution in [2.24, 2.45) is 0 Å². The Balaban J connectivity index is 2.39. The number of allylic oxidation sites excluding steroid dienone is 1. The van der Waals surface area contributed by atoms with Gasteiger partial charge in [0.15, 0.2) is 0 Å². The summed E-state index contributed by atoms with van der Waals surface area (Å²) in [6.45, 7) is 1.70. The molecule has 0 amide bonds. The zero-order valence-corrected chi connectivity index (χ0v) is 13.2. The number of para-hydroxylation sites is 1. The zero-order valence-electron chi connectivity index (χ0n) is 13.2. The number of carbonyl (C=O) groups excluding carboxylic acids is 1. The van der Waals surface area contributed by atoms with E-state index in [0.29, 0.717) is 5.56 Å². The van der Waals surface area contributed by atoms with E-state index in [1.165, 1.54) is 13.2 Å². The van der Waals surface area contributed by atoms with E-state index in [1.54, 1.807) is 25.1 Å². The molecule has 1 aliphatic rings. The lowest BCUT2D eigenvalue weighted by atomic mass is 9.91. The Morgan fingerprint density at radius 2 is 1.96 bits per heavy atom. The van der Waals surface area contributed by atoms with Crippen LogP contribution in [0.2, 0.25) is 0 Å². The lowest BCUT2D eigenvalue weighted by molar-refractivity contribution is -0.274. The summed E-state index contributed by atoms with van der Waals surface area (Å²) in [6, 6.07) is 6.25. The van der Waals surface area contributed by atoms with Crippen molar-refractivity contribution in [2.45, 2.75) is 25.6 Å². The van der Waals surface area contributed by atoms with E-state index < -0.39 is 23.8 Å². The fourth-order valence-corrected chi connectivity index (χ4v) is 2.41. The molecule has 0 bridgehead atoms. The average Bonchev–Trinajstić information content (AvgIpc) is 2.55. The molecule has 0 radical (unpaired) electrons. The Kier molecular flexibility index (Phi) is 5.84. The van der Waals surface area contributed by atoms with Gasteiger partial charge >= 0.3 is 12.1 Å². The van der Waals surface area contributed by atoms with Crippen LogP contribution in [0.4, 0.5) is 13.2 Å². The number of hydrogen-bond acceptors (Lipinski definition) is 5. The smallest absolute Gasteiger partial charge is 0.430 e. The molecule has 2 rings (SSSR count). The zero-order chi connectivity index (χ0) is 17.7. The first kappa shape index (κ1) is 18.3. The van der Waals surface area contributed by atoms with Gasteiger partial charge in [-0.1, -0.05) is 25.1 Å². The summed E-state index contributed by atoms with van der Waals surface area (Å²) in [7, 11) is 1.41. The first-order valence-corrected chi connectivity index (χ1v) is 7.28. The molecule has 0 fully saturated rings. The van der Waals surface area contributed by atoms with Crippen LogP contribution in [0.15, 0.2) is 29.8 Å². The molecular weight excluding hydrogens is 329 g/mol. The minimum atomic E-state index is -4.77. The van der Waals surface area contributed by atoms with E-state index in [9.17, 15) is 18.0 Å². The van der Waals surface area contributed by atoms with E-state index in [2.05, 4.69) is 9.78 Å². The second-order valence-corrected chi connectivity index (χ2v) is 4.97. The normalized spacial score (nSPS) is 17.3. The Labute approximate surface area is 136 Å². The molecule has 1 aromatic carbocycles. The van der Waals surface area contributed by atoms with E-state index >= 15 is 0 Å². The van der Waals surface area contributed by atoms with Crippen LogP contribution in [-0.2, 0) is 19.3 Å². The Bertz CT molecular complexity index is 624. The Morgan fingerprint density at radius 1 is 1.25 bits per heavy atom. The van der Waals surface area contributed by atoms with Crippen molar-refractivity contribution in [1.82, 2.24) is 0 Å². The van der Waals surface area contributed by atoms with Crippen LogP contribution in [0.5, 0.6) is 5.75 Å². The largest absolute Gasteiger partial charge is 0.475 e. The number of rotatable bonds is 6. The summed E-state index contributed by atoms with van der Waals surface area (Å²) in [6.07, 6.45) is -6.97. The Hall–Kier alpha value is -2.06. The summed E-state index contributed by atoms with van der Waals surface area (Å²) in [5.74, 6) is -1.15. The van der Waals surface area contributed by atoms with Crippen LogP contribution in [0.1, 0.15) is 18.9 Å². The standard InChI is InChI=1S/C16H17F3O5/c1-3-10-11-6-4-5-7-12(11)23-14(16(17,18)19)13(10)15(20)24-22-9-8-21-2/h4-7,14H,3,8-9H2,1-2H3. The summed E-state index contributed by atoms with van der Waals surface area (Å²) >= 11 is 0. The van der Waals surface area contributed by atoms with Crippen LogP contribution < -0.4 is 4.74 Å². The summed E-state index contributed by atoms with van der Waals surface area (Å²) in [5, 5.41) is 0. The molecule has 1 aliphatic heterocycles. The van der Waals surface area contributed by atoms with E-state index in [0.717, 1.165) is 0 Å². The van der Waals surface area contributed by atoms with E-state index in [1.807, 2.05) is 0 Å². The second kappa shape index (κ2) is 7.67. The molecule has 5 nitrogen and oxygen atoms in total. The van der Waals surface area contributed by atoms with Crippen molar-refractivity contribution in [3.05, 3.63) is 35.4 Å². The van der Waals surface area contributed by atoms with Gasteiger partial charge in [-0.3, -0.25) is 4.89 Å². The molecule has 0 saturated heterocycles. The first-order valence-electron chi connectivity index (χ1n) is 7.28. The van der Waals surface area contributed by atoms with Crippen molar-refractivity contribution in [1.29, 1.82) is 0 Å². The van der Waals surface area contributed by atoms with E-state index in [4.69, 9.17) is 9.47 Å². The molecule has 1 heterocycles. The second-order valence-electron chi connectivity index (χ2n) is 4.97. The lowest BCUT2D eigenvalue weighted by Crippen LogP contribution is -2.42. The van der Waals surface area contributed by atoms with E-state index in [-0.39, 0.29) is 31.0 Å². The molecule has 1 atom stereocenters. The number of methoxy groups -OCH3 is 1. The highest BCUT2D eigenvalue weighted by atomic mass is 19.4. The molecule has 0 saturated carbocycles. The van der Waals surface area contributed by atoms with Gasteiger partial charge in [0.1, 0.15) is 12.4 Å². The van der Waals surface area contributed by atoms with Gasteiger partial charge in [-0.05, 0) is 18.1 Å². The average molecular weight is 346 g/mol. The van der Waals surface area contributed by atoms with Gasteiger partial charge < -0.3 is 9.47 Å². The number of alkyl halides is 3. The molecule has 0 spiro atoms. The van der Waals surface area contributed by atoms with Crippen molar-refractivity contribution in [3.8, 4) is 5.75 Å². The minimum absolute atomic E-state index is 0.0773. The maximum absolute atomic E-state index is 13.4. The summed E-state index contributed by atoms with van der Waals surface area (Å²) in [5.41, 5.74) is 0.0602. The van der Waals surface area contributed by atoms with Crippen molar-refractivity contribution >= 4 is 11.5 Å². The lowest BCUT2D eigenvalue weighted by Gasteiger charge is -2.30. The fourth-order valence-electron chi connectivity index (χ4n) is 2.41. The molecule has 1 aromatic rings. The van der Waals surface area contributed by atoms with Gasteiger partial charge in [-0.15, -0.1) is 0 Å². The van der Waals surface area contributed by atoms with Gasteiger partial charge in [0.25, 0.3) is 0 Å². The summed E-state index contributed by atoms with van der Waals surface area (Å²) < 4.78 is 49.8. The number of benzene rings is 1. The van der Waals surface area contributed by atoms with Crippen LogP contribution in [0.3, 0.4) is 0 Å². The molecule has 8 heteroatoms. The first-order chi connectivity index (χ1) is 11.4. The number of hydrogen-bond donors (Lipinski definition) is 0. The number of ether oxygens (including phenoxy) is 2. The van der Waals surface area contributed by atoms with Crippen LogP contribution in [0.25, 0.3) is 5.57 Å². The quantitative estimate of drug-likeness (QED) is 0.449. The fraction of sp³-hybridized carbons (Fsp3) is 0.438. The van der Waals surface area contributed by atoms with Crippen LogP contribution in [0, 0.1) is 0 Å². The molecule has 24 heavy (non-hydrogen) atoms. The van der Waals surface area contributed by atoms with Crippen LogP contribution >= 0.6 is 0 Å². The molecule has 0 aliphatic carbocycles. The third-order valence-corrected chi connectivity index (χ3v) is 3.42. The predicted molar refractivity (Wildman–Crippen MR) is 78.0 cm³/mol. The highest BCUT2D eigenvalue weighted by molar-refractivity contribution is 6.00. The SMILES string of the molecule is CCC1=C(C(=O)OOCCOC)C(C(F)(F)F)Oc2ccccc21. The van der Waals surface area contributed by atoms with Gasteiger partial charge in [-0.25, -0.2) is 4.79 Å². The number of fused-ring (bicyclic) bond motifs is 1. The molecule has 0 aromatic heterocycles. The molecular formula is C16H17F3O5. The van der Waals surface area contributed by atoms with Crippen LogP contribution in [-0.4, -0.2) is 38.6 Å². The monoisotopic (exact) mass is 346 g/mol. The van der Waals surface area contributed by atoms with Gasteiger partial charge in [0.05, 0.1) is 12.2 Å². The van der Waals surface area contributed by atoms with Crippen molar-refractivity contribution < 1.29 is 37.2 Å². The topological polar surface area (TPSA) is 54.0 Å². The number of carbonyl (C=O) groups is 1. The molecule has 1 unspecified atom stereocenters.